The molecule has 1 saturated heterocycles. The Bertz CT molecular complexity index is 650. The summed E-state index contributed by atoms with van der Waals surface area (Å²) in [6.07, 6.45) is 2.40. The average molecular weight is 284 g/mol. The molecule has 1 aromatic carbocycles. The topological polar surface area (TPSA) is 36.1 Å². The van der Waals surface area contributed by atoms with Crippen molar-refractivity contribution in [3.8, 4) is 0 Å². The Balaban J connectivity index is 1.88. The molecule has 0 spiro atoms. The van der Waals surface area contributed by atoms with Crippen LogP contribution in [0, 0.1) is 12.8 Å². The fraction of sp³-hybridized carbons (Fsp3) is 0.500. The van der Waals surface area contributed by atoms with E-state index in [1.807, 2.05) is 31.2 Å². The van der Waals surface area contributed by atoms with Gasteiger partial charge in [-0.15, -0.1) is 0 Å². The molecular weight excluding hydrogens is 260 g/mol. The molecule has 0 unspecified atom stereocenters. The molecule has 2 heterocycles. The van der Waals surface area contributed by atoms with E-state index in [4.69, 9.17) is 0 Å². The second-order valence-electron chi connectivity index (χ2n) is 6.43. The zero-order valence-electron chi connectivity index (χ0n) is 13.1. The van der Waals surface area contributed by atoms with Crippen LogP contribution in [-0.2, 0) is 0 Å². The zero-order chi connectivity index (χ0) is 15.0. The number of carbonyl (C=O) groups excluding carboxylic acids is 1. The Morgan fingerprint density at radius 2 is 1.95 bits per heavy atom. The number of hydrogen-bond acceptors (Lipinski definition) is 2. The van der Waals surface area contributed by atoms with Gasteiger partial charge in [0.25, 0.3) is 0 Å². The van der Waals surface area contributed by atoms with Crippen LogP contribution in [-0.4, -0.2) is 34.8 Å². The number of nitrogens with one attached hydrogen (secondary N) is 1. The van der Waals surface area contributed by atoms with Gasteiger partial charge >= 0.3 is 0 Å². The quantitative estimate of drug-likeness (QED) is 0.871. The van der Waals surface area contributed by atoms with Crippen LogP contribution in [0.3, 0.4) is 0 Å². The summed E-state index contributed by atoms with van der Waals surface area (Å²) in [5.74, 6) is 1.04. The summed E-state index contributed by atoms with van der Waals surface area (Å²) in [6.45, 7) is 8.43. The summed E-state index contributed by atoms with van der Waals surface area (Å²) < 4.78 is 0. The number of aryl methyl sites for hydroxylation is 1. The van der Waals surface area contributed by atoms with Crippen molar-refractivity contribution in [1.82, 2.24) is 9.88 Å². The number of para-hydroxylation sites is 1. The van der Waals surface area contributed by atoms with E-state index in [0.29, 0.717) is 0 Å². The van der Waals surface area contributed by atoms with Gasteiger partial charge in [-0.3, -0.25) is 9.69 Å². The number of aromatic nitrogens is 1. The van der Waals surface area contributed by atoms with Crippen molar-refractivity contribution in [2.24, 2.45) is 5.92 Å². The molecule has 1 aliphatic rings. The number of rotatable bonds is 3. The Morgan fingerprint density at radius 1 is 1.29 bits per heavy atom. The third-order valence-electron chi connectivity index (χ3n) is 4.89. The fourth-order valence-electron chi connectivity index (χ4n) is 3.38. The van der Waals surface area contributed by atoms with Gasteiger partial charge in [0, 0.05) is 22.2 Å². The van der Waals surface area contributed by atoms with Gasteiger partial charge in [0.1, 0.15) is 0 Å². The number of hydrogen-bond donors (Lipinski definition) is 1. The fourth-order valence-corrected chi connectivity index (χ4v) is 3.38. The molecule has 1 N–H and O–H groups in total. The monoisotopic (exact) mass is 284 g/mol. The largest absolute Gasteiger partial charge is 0.358 e. The molecule has 112 valence electrons. The SMILES string of the molecule is Cc1[nH]c2ccccc2c1C(=O)[C@H](C)N1CCC(C)CC1. The van der Waals surface area contributed by atoms with Crippen LogP contribution < -0.4 is 0 Å². The number of piperidine rings is 1. The highest BCUT2D eigenvalue weighted by Crippen LogP contribution is 2.26. The minimum Gasteiger partial charge on any atom is -0.358 e. The van der Waals surface area contributed by atoms with E-state index in [1.54, 1.807) is 0 Å². The number of Topliss-reactive ketones (excluding diaryl/α,β-unsaturated/α-hetero) is 1. The van der Waals surface area contributed by atoms with Gasteiger partial charge in [-0.25, -0.2) is 0 Å². The summed E-state index contributed by atoms with van der Waals surface area (Å²) in [4.78, 5) is 18.6. The molecule has 0 saturated carbocycles. The zero-order valence-corrected chi connectivity index (χ0v) is 13.1. The number of nitrogens with zero attached hydrogens (tertiary/aromatic N) is 1. The van der Waals surface area contributed by atoms with Crippen LogP contribution in [0.4, 0.5) is 0 Å². The summed E-state index contributed by atoms with van der Waals surface area (Å²) >= 11 is 0. The number of ketones is 1. The van der Waals surface area contributed by atoms with E-state index in [2.05, 4.69) is 23.7 Å². The number of benzene rings is 1. The Morgan fingerprint density at radius 3 is 2.67 bits per heavy atom. The first-order chi connectivity index (χ1) is 10.1. The molecule has 3 heteroatoms. The highest BCUT2D eigenvalue weighted by atomic mass is 16.1. The standard InChI is InChI=1S/C18H24N2O/c1-12-8-10-20(11-9-12)14(3)18(21)17-13(2)19-16-7-5-4-6-15(16)17/h4-7,12,14,19H,8-11H2,1-3H3/t14-/m0/s1. The molecule has 0 radical (unpaired) electrons. The molecule has 1 aromatic heterocycles. The molecular formula is C18H24N2O. The highest BCUT2D eigenvalue weighted by Gasteiger charge is 2.28. The first kappa shape index (κ1) is 14.3. The predicted octanol–water partition coefficient (Wildman–Crippen LogP) is 3.78. The molecule has 21 heavy (non-hydrogen) atoms. The van der Waals surface area contributed by atoms with E-state index in [1.165, 1.54) is 12.8 Å². The minimum atomic E-state index is -0.0320. The number of fused-ring (bicyclic) bond motifs is 1. The van der Waals surface area contributed by atoms with Gasteiger partial charge in [-0.2, -0.15) is 0 Å². The van der Waals surface area contributed by atoms with Crippen molar-refractivity contribution < 1.29 is 4.79 Å². The van der Waals surface area contributed by atoms with Crippen molar-refractivity contribution in [2.75, 3.05) is 13.1 Å². The maximum atomic E-state index is 13.0. The number of aromatic amines is 1. The Kier molecular flexibility index (Phi) is 3.85. The molecule has 3 nitrogen and oxygen atoms in total. The summed E-state index contributed by atoms with van der Waals surface area (Å²) in [7, 11) is 0. The molecule has 0 bridgehead atoms. The second kappa shape index (κ2) is 5.64. The predicted molar refractivity (Wildman–Crippen MR) is 86.8 cm³/mol. The highest BCUT2D eigenvalue weighted by molar-refractivity contribution is 6.11. The molecule has 0 aliphatic carbocycles. The van der Waals surface area contributed by atoms with Gasteiger partial charge in [-0.1, -0.05) is 25.1 Å². The second-order valence-corrected chi connectivity index (χ2v) is 6.43. The third kappa shape index (κ3) is 2.62. The Hall–Kier alpha value is -1.61. The van der Waals surface area contributed by atoms with Crippen molar-refractivity contribution in [1.29, 1.82) is 0 Å². The third-order valence-corrected chi connectivity index (χ3v) is 4.89. The van der Waals surface area contributed by atoms with Crippen molar-refractivity contribution in [3.63, 3.8) is 0 Å². The minimum absolute atomic E-state index is 0.0320. The van der Waals surface area contributed by atoms with Gasteiger partial charge in [-0.05, 0) is 51.8 Å². The normalized spacial score (nSPS) is 19.0. The number of likely N-dealkylation sites (tertiary alicyclic amines) is 1. The van der Waals surface area contributed by atoms with Crippen molar-refractivity contribution >= 4 is 16.7 Å². The first-order valence-electron chi connectivity index (χ1n) is 7.93. The summed E-state index contributed by atoms with van der Waals surface area (Å²) in [5.41, 5.74) is 2.91. The van der Waals surface area contributed by atoms with Gasteiger partial charge in [0.2, 0.25) is 0 Å². The molecule has 1 fully saturated rings. The summed E-state index contributed by atoms with van der Waals surface area (Å²) in [6, 6.07) is 8.04. The first-order valence-corrected chi connectivity index (χ1v) is 7.93. The van der Waals surface area contributed by atoms with E-state index in [-0.39, 0.29) is 11.8 Å². The lowest BCUT2D eigenvalue weighted by atomic mass is 9.95. The maximum Gasteiger partial charge on any atom is 0.182 e. The van der Waals surface area contributed by atoms with E-state index >= 15 is 0 Å². The van der Waals surface area contributed by atoms with E-state index in [0.717, 1.165) is 41.2 Å². The van der Waals surface area contributed by atoms with E-state index in [9.17, 15) is 4.79 Å². The molecule has 2 aromatic rings. The lowest BCUT2D eigenvalue weighted by molar-refractivity contribution is 0.0780. The van der Waals surface area contributed by atoms with Crippen LogP contribution >= 0.6 is 0 Å². The van der Waals surface area contributed by atoms with Crippen LogP contribution in [0.15, 0.2) is 24.3 Å². The molecule has 3 rings (SSSR count). The average Bonchev–Trinajstić information content (AvgIpc) is 2.82. The van der Waals surface area contributed by atoms with E-state index < -0.39 is 0 Å². The number of carbonyl (C=O) groups is 1. The van der Waals surface area contributed by atoms with Gasteiger partial charge in [0.15, 0.2) is 5.78 Å². The van der Waals surface area contributed by atoms with Crippen LogP contribution in [0.25, 0.3) is 10.9 Å². The van der Waals surface area contributed by atoms with Gasteiger partial charge in [0.05, 0.1) is 6.04 Å². The van der Waals surface area contributed by atoms with Crippen LogP contribution in [0.1, 0.15) is 42.7 Å². The van der Waals surface area contributed by atoms with Crippen molar-refractivity contribution in [3.05, 3.63) is 35.5 Å². The lowest BCUT2D eigenvalue weighted by Gasteiger charge is -2.34. The number of H-pyrrole nitrogens is 1. The maximum absolute atomic E-state index is 13.0. The lowest BCUT2D eigenvalue weighted by Crippen LogP contribution is -2.43. The molecule has 0 amide bonds. The van der Waals surface area contributed by atoms with Gasteiger partial charge < -0.3 is 4.98 Å². The summed E-state index contributed by atoms with van der Waals surface area (Å²) in [5, 5.41) is 1.05. The van der Waals surface area contributed by atoms with Crippen LogP contribution in [0.2, 0.25) is 0 Å². The van der Waals surface area contributed by atoms with Crippen LogP contribution in [0.5, 0.6) is 0 Å². The smallest absolute Gasteiger partial charge is 0.182 e. The molecule has 1 atom stereocenters. The Labute approximate surface area is 126 Å². The molecule has 1 aliphatic heterocycles. The van der Waals surface area contributed by atoms with Crippen molar-refractivity contribution in [2.45, 2.75) is 39.7 Å².